The predicted octanol–water partition coefficient (Wildman–Crippen LogP) is 5.28. The standard InChI is InChI=1S/C21H26ClNO2/c1-20(2,3)25-19(24)23-13-12-17(21(4,5)15-23)10-6-8-16-9-7-11-18(22)14-16/h7,9-11,14H,12-13,15H2,1-5H3/b17-10+. The number of nitrogens with zero attached hydrogens (tertiary/aromatic N) is 1. The van der Waals surface area contributed by atoms with Gasteiger partial charge in [-0.05, 0) is 51.5 Å². The van der Waals surface area contributed by atoms with Crippen molar-refractivity contribution in [2.24, 2.45) is 5.41 Å². The maximum Gasteiger partial charge on any atom is 0.410 e. The van der Waals surface area contributed by atoms with Crippen LogP contribution in [0, 0.1) is 17.3 Å². The number of carbonyl (C=O) groups is 1. The first-order valence-electron chi connectivity index (χ1n) is 8.51. The highest BCUT2D eigenvalue weighted by Gasteiger charge is 2.34. The Labute approximate surface area is 156 Å². The Morgan fingerprint density at radius 3 is 2.68 bits per heavy atom. The Morgan fingerprint density at radius 2 is 2.08 bits per heavy atom. The van der Waals surface area contributed by atoms with Crippen LogP contribution in [0.15, 0.2) is 35.9 Å². The van der Waals surface area contributed by atoms with E-state index in [-0.39, 0.29) is 11.5 Å². The van der Waals surface area contributed by atoms with E-state index in [1.54, 1.807) is 4.90 Å². The SMILES string of the molecule is CC(C)(C)OC(=O)N1CC/C(=C\C#Cc2cccc(Cl)c2)C(C)(C)C1. The van der Waals surface area contributed by atoms with Crippen molar-refractivity contribution >= 4 is 17.7 Å². The van der Waals surface area contributed by atoms with E-state index in [0.717, 1.165) is 12.0 Å². The molecule has 1 fully saturated rings. The summed E-state index contributed by atoms with van der Waals surface area (Å²) in [5.74, 6) is 6.25. The number of allylic oxidation sites excluding steroid dienone is 1. The van der Waals surface area contributed by atoms with Crippen molar-refractivity contribution in [3.05, 3.63) is 46.5 Å². The summed E-state index contributed by atoms with van der Waals surface area (Å²) in [7, 11) is 0. The average Bonchev–Trinajstić information content (AvgIpc) is 2.46. The zero-order chi connectivity index (χ0) is 18.7. The Morgan fingerprint density at radius 1 is 1.36 bits per heavy atom. The van der Waals surface area contributed by atoms with Crippen molar-refractivity contribution in [3.63, 3.8) is 0 Å². The number of piperidine rings is 1. The Bertz CT molecular complexity index is 732. The van der Waals surface area contributed by atoms with Gasteiger partial charge in [0.1, 0.15) is 5.60 Å². The van der Waals surface area contributed by atoms with Crippen LogP contribution in [-0.4, -0.2) is 29.7 Å². The van der Waals surface area contributed by atoms with Crippen LogP contribution < -0.4 is 0 Å². The molecule has 0 spiro atoms. The highest BCUT2D eigenvalue weighted by atomic mass is 35.5. The Balaban J connectivity index is 2.07. The lowest BCUT2D eigenvalue weighted by atomic mass is 9.79. The van der Waals surface area contributed by atoms with Crippen LogP contribution in [0.25, 0.3) is 0 Å². The second-order valence-electron chi connectivity index (χ2n) is 7.99. The number of hydrogen-bond donors (Lipinski definition) is 0. The van der Waals surface area contributed by atoms with Crippen molar-refractivity contribution in [2.75, 3.05) is 13.1 Å². The zero-order valence-electron chi connectivity index (χ0n) is 15.6. The first-order valence-corrected chi connectivity index (χ1v) is 8.89. The van der Waals surface area contributed by atoms with Gasteiger partial charge in [-0.2, -0.15) is 0 Å². The molecule has 0 saturated carbocycles. The fourth-order valence-electron chi connectivity index (χ4n) is 2.77. The normalized spacial score (nSPS) is 18.5. The minimum absolute atomic E-state index is 0.127. The van der Waals surface area contributed by atoms with Gasteiger partial charge in [-0.15, -0.1) is 0 Å². The predicted molar refractivity (Wildman–Crippen MR) is 103 cm³/mol. The summed E-state index contributed by atoms with van der Waals surface area (Å²) in [5.41, 5.74) is 1.55. The molecular weight excluding hydrogens is 334 g/mol. The molecule has 0 bridgehead atoms. The lowest BCUT2D eigenvalue weighted by molar-refractivity contribution is 0.0157. The summed E-state index contributed by atoms with van der Waals surface area (Å²) in [6.07, 6.45) is 2.54. The molecule has 3 nitrogen and oxygen atoms in total. The summed E-state index contributed by atoms with van der Waals surface area (Å²) >= 11 is 5.98. The minimum Gasteiger partial charge on any atom is -0.444 e. The molecule has 0 N–H and O–H groups in total. The van der Waals surface area contributed by atoms with E-state index >= 15 is 0 Å². The molecule has 0 unspecified atom stereocenters. The van der Waals surface area contributed by atoms with Crippen LogP contribution in [0.3, 0.4) is 0 Å². The summed E-state index contributed by atoms with van der Waals surface area (Å²) in [5, 5.41) is 0.686. The number of benzene rings is 1. The van der Waals surface area contributed by atoms with E-state index in [1.165, 1.54) is 5.57 Å². The molecule has 4 heteroatoms. The molecule has 1 heterocycles. The van der Waals surface area contributed by atoms with Crippen LogP contribution in [0.5, 0.6) is 0 Å². The van der Waals surface area contributed by atoms with E-state index in [0.29, 0.717) is 18.1 Å². The van der Waals surface area contributed by atoms with Gasteiger partial charge in [-0.25, -0.2) is 4.79 Å². The molecule has 2 rings (SSSR count). The fraction of sp³-hybridized carbons (Fsp3) is 0.476. The molecule has 1 aromatic rings. The number of ether oxygens (including phenoxy) is 1. The summed E-state index contributed by atoms with van der Waals surface area (Å²) in [4.78, 5) is 14.1. The number of rotatable bonds is 0. The van der Waals surface area contributed by atoms with E-state index in [1.807, 2.05) is 51.1 Å². The van der Waals surface area contributed by atoms with Gasteiger partial charge in [0, 0.05) is 29.1 Å². The summed E-state index contributed by atoms with van der Waals surface area (Å²) in [6.45, 7) is 11.2. The van der Waals surface area contributed by atoms with Gasteiger partial charge in [0.05, 0.1) is 0 Å². The fourth-order valence-corrected chi connectivity index (χ4v) is 2.96. The van der Waals surface area contributed by atoms with Gasteiger partial charge in [0.2, 0.25) is 0 Å². The van der Waals surface area contributed by atoms with Gasteiger partial charge >= 0.3 is 6.09 Å². The lowest BCUT2D eigenvalue weighted by Crippen LogP contribution is -2.46. The maximum atomic E-state index is 12.3. The number of carbonyl (C=O) groups excluding carboxylic acids is 1. The molecule has 1 aromatic carbocycles. The van der Waals surface area contributed by atoms with E-state index in [2.05, 4.69) is 25.7 Å². The smallest absolute Gasteiger partial charge is 0.410 e. The number of likely N-dealkylation sites (tertiary alicyclic amines) is 1. The number of hydrogen-bond acceptors (Lipinski definition) is 2. The lowest BCUT2D eigenvalue weighted by Gasteiger charge is -2.40. The number of halogens is 1. The third-order valence-electron chi connectivity index (χ3n) is 4.05. The second-order valence-corrected chi connectivity index (χ2v) is 8.42. The molecule has 0 aromatic heterocycles. The van der Waals surface area contributed by atoms with Gasteiger partial charge in [0.15, 0.2) is 0 Å². The molecule has 1 aliphatic heterocycles. The van der Waals surface area contributed by atoms with Crippen LogP contribution in [0.1, 0.15) is 46.6 Å². The van der Waals surface area contributed by atoms with E-state index in [9.17, 15) is 4.79 Å². The summed E-state index contributed by atoms with van der Waals surface area (Å²) < 4.78 is 5.48. The molecule has 1 amide bonds. The molecule has 1 saturated heterocycles. The molecule has 1 aliphatic rings. The molecular formula is C21H26ClNO2. The highest BCUT2D eigenvalue weighted by Crippen LogP contribution is 2.34. The topological polar surface area (TPSA) is 29.5 Å². The van der Waals surface area contributed by atoms with Crippen LogP contribution >= 0.6 is 11.6 Å². The average molecular weight is 360 g/mol. The molecule has 0 radical (unpaired) electrons. The van der Waals surface area contributed by atoms with Crippen molar-refractivity contribution in [1.29, 1.82) is 0 Å². The second kappa shape index (κ2) is 7.54. The maximum absolute atomic E-state index is 12.3. The van der Waals surface area contributed by atoms with Crippen LogP contribution in [0.4, 0.5) is 4.79 Å². The number of amides is 1. The molecule has 0 aliphatic carbocycles. The van der Waals surface area contributed by atoms with E-state index < -0.39 is 5.60 Å². The summed E-state index contributed by atoms with van der Waals surface area (Å²) in [6, 6.07) is 7.51. The minimum atomic E-state index is -0.472. The van der Waals surface area contributed by atoms with Crippen LogP contribution in [0.2, 0.25) is 5.02 Å². The van der Waals surface area contributed by atoms with Crippen molar-refractivity contribution in [2.45, 2.75) is 46.6 Å². The third kappa shape index (κ3) is 5.83. The van der Waals surface area contributed by atoms with Gasteiger partial charge < -0.3 is 9.64 Å². The quantitative estimate of drug-likeness (QED) is 0.589. The Kier molecular flexibility index (Phi) is 5.85. The first kappa shape index (κ1) is 19.4. The van der Waals surface area contributed by atoms with Crippen molar-refractivity contribution in [1.82, 2.24) is 4.90 Å². The zero-order valence-corrected chi connectivity index (χ0v) is 16.4. The molecule has 25 heavy (non-hydrogen) atoms. The van der Waals surface area contributed by atoms with Crippen molar-refractivity contribution in [3.8, 4) is 11.8 Å². The third-order valence-corrected chi connectivity index (χ3v) is 4.28. The van der Waals surface area contributed by atoms with Gasteiger partial charge in [-0.3, -0.25) is 0 Å². The molecule has 0 atom stereocenters. The largest absolute Gasteiger partial charge is 0.444 e. The molecule has 134 valence electrons. The van der Waals surface area contributed by atoms with E-state index in [4.69, 9.17) is 16.3 Å². The van der Waals surface area contributed by atoms with Crippen molar-refractivity contribution < 1.29 is 9.53 Å². The monoisotopic (exact) mass is 359 g/mol. The highest BCUT2D eigenvalue weighted by molar-refractivity contribution is 6.30. The van der Waals surface area contributed by atoms with Gasteiger partial charge in [-0.1, -0.05) is 48.9 Å². The van der Waals surface area contributed by atoms with Gasteiger partial charge in [0.25, 0.3) is 0 Å². The van der Waals surface area contributed by atoms with Crippen LogP contribution in [-0.2, 0) is 4.74 Å². The first-order chi connectivity index (χ1) is 11.6. The Hall–Kier alpha value is -1.92.